The van der Waals surface area contributed by atoms with Crippen molar-refractivity contribution in [2.45, 2.75) is 37.6 Å². The molecule has 9 nitrogen and oxygen atoms in total. The third-order valence-corrected chi connectivity index (χ3v) is 9.72. The van der Waals surface area contributed by atoms with Crippen molar-refractivity contribution < 1.29 is 20.1 Å². The lowest BCUT2D eigenvalue weighted by Crippen LogP contribution is -2.56. The number of hydrogen-bond donors (Lipinski definition) is 3. The predicted octanol–water partition coefficient (Wildman–Crippen LogP) is 0.640. The van der Waals surface area contributed by atoms with E-state index in [9.17, 15) is 15.3 Å². The van der Waals surface area contributed by atoms with Crippen LogP contribution in [0.15, 0.2) is 36.7 Å². The normalized spacial score (nSPS) is 24.5. The number of anilines is 1. The van der Waals surface area contributed by atoms with Crippen LogP contribution in [0.5, 0.6) is 0 Å². The van der Waals surface area contributed by atoms with Gasteiger partial charge in [0.1, 0.15) is 24.6 Å². The van der Waals surface area contributed by atoms with Gasteiger partial charge >= 0.3 is 0 Å². The van der Waals surface area contributed by atoms with Crippen LogP contribution in [-0.4, -0.2) is 75.0 Å². The fourth-order valence-electron chi connectivity index (χ4n) is 3.74. The highest BCUT2D eigenvalue weighted by molar-refractivity contribution is 6.92. The zero-order chi connectivity index (χ0) is 21.6. The molecule has 1 aromatic carbocycles. The quantitative estimate of drug-likeness (QED) is 0.384. The molecule has 30 heavy (non-hydrogen) atoms. The molecule has 0 spiro atoms. The monoisotopic (exact) mass is 449 g/mol. The third kappa shape index (κ3) is 3.29. The Hall–Kier alpha value is -2.08. The Balaban J connectivity index is 1.79. The standard InChI is InChI=1S/C19H24ClN5O4Si/c1-24(30(2,3)11-7-5-4-6-8-11)16-13-17(22-10-21-16)25(19(20)23-13)18-15(28)14(27)12(9-26)29-18/h4-8,10,12,14-15,18,26-28H,9H2,1-3H3. The predicted molar refractivity (Wildman–Crippen MR) is 115 cm³/mol. The molecule has 0 aliphatic carbocycles. The number of rotatable bonds is 5. The van der Waals surface area contributed by atoms with Gasteiger partial charge in [-0.15, -0.1) is 0 Å². The van der Waals surface area contributed by atoms with Gasteiger partial charge in [0.2, 0.25) is 5.28 Å². The number of aliphatic hydroxyl groups excluding tert-OH is 3. The van der Waals surface area contributed by atoms with Gasteiger partial charge in [-0.05, 0) is 36.9 Å². The second kappa shape index (κ2) is 7.87. The van der Waals surface area contributed by atoms with Gasteiger partial charge in [-0.1, -0.05) is 30.3 Å². The molecule has 4 atom stereocenters. The molecular weight excluding hydrogens is 426 g/mol. The highest BCUT2D eigenvalue weighted by atomic mass is 35.5. The van der Waals surface area contributed by atoms with Gasteiger partial charge in [-0.3, -0.25) is 4.57 Å². The average Bonchev–Trinajstić information content (AvgIpc) is 3.23. The second-order valence-electron chi connectivity index (χ2n) is 7.83. The maximum absolute atomic E-state index is 10.4. The van der Waals surface area contributed by atoms with Crippen molar-refractivity contribution in [1.82, 2.24) is 19.5 Å². The number of fused-ring (bicyclic) bond motifs is 1. The van der Waals surface area contributed by atoms with E-state index in [1.54, 1.807) is 0 Å². The molecule has 4 unspecified atom stereocenters. The van der Waals surface area contributed by atoms with Crippen LogP contribution in [0, 0.1) is 0 Å². The maximum atomic E-state index is 10.4. The molecule has 11 heteroatoms. The first-order valence-corrected chi connectivity index (χ1v) is 12.9. The minimum Gasteiger partial charge on any atom is -0.394 e. The van der Waals surface area contributed by atoms with Gasteiger partial charge in [0.05, 0.1) is 6.61 Å². The molecule has 0 saturated carbocycles. The van der Waals surface area contributed by atoms with Crippen LogP contribution >= 0.6 is 11.6 Å². The van der Waals surface area contributed by atoms with E-state index < -0.39 is 39.4 Å². The molecular formula is C19H24ClN5O4Si. The molecule has 3 aromatic rings. The molecule has 1 aliphatic heterocycles. The summed E-state index contributed by atoms with van der Waals surface area (Å²) in [6.07, 6.45) is -3.07. The average molecular weight is 450 g/mol. The molecule has 1 fully saturated rings. The number of hydrogen-bond acceptors (Lipinski definition) is 8. The number of imidazole rings is 1. The van der Waals surface area contributed by atoms with E-state index in [0.717, 1.165) is 0 Å². The molecule has 160 valence electrons. The van der Waals surface area contributed by atoms with Gasteiger partial charge in [-0.2, -0.15) is 0 Å². The maximum Gasteiger partial charge on any atom is 0.207 e. The van der Waals surface area contributed by atoms with Crippen molar-refractivity contribution in [3.63, 3.8) is 0 Å². The van der Waals surface area contributed by atoms with E-state index in [1.807, 2.05) is 25.2 Å². The van der Waals surface area contributed by atoms with Crippen molar-refractivity contribution in [2.24, 2.45) is 0 Å². The summed E-state index contributed by atoms with van der Waals surface area (Å²) in [5.41, 5.74) is 0.851. The summed E-state index contributed by atoms with van der Waals surface area (Å²) in [7, 11) is -0.152. The van der Waals surface area contributed by atoms with Gasteiger partial charge in [0, 0.05) is 0 Å². The minimum atomic E-state index is -2.12. The van der Waals surface area contributed by atoms with Crippen molar-refractivity contribution in [3.05, 3.63) is 41.9 Å². The summed E-state index contributed by atoms with van der Waals surface area (Å²) in [6, 6.07) is 10.2. The molecule has 1 aliphatic rings. The smallest absolute Gasteiger partial charge is 0.207 e. The summed E-state index contributed by atoms with van der Waals surface area (Å²) >= 11 is 6.40. The van der Waals surface area contributed by atoms with Crippen molar-refractivity contribution in [1.29, 1.82) is 0 Å². The van der Waals surface area contributed by atoms with E-state index in [2.05, 4.69) is 44.7 Å². The van der Waals surface area contributed by atoms with Crippen LogP contribution in [0.3, 0.4) is 0 Å². The van der Waals surface area contributed by atoms with E-state index in [4.69, 9.17) is 16.3 Å². The summed E-state index contributed by atoms with van der Waals surface area (Å²) in [5, 5.41) is 31.2. The Morgan fingerprint density at radius 2 is 1.87 bits per heavy atom. The molecule has 0 radical (unpaired) electrons. The fourth-order valence-corrected chi connectivity index (χ4v) is 6.09. The van der Waals surface area contributed by atoms with Crippen LogP contribution in [0.4, 0.5) is 5.82 Å². The Labute approximate surface area is 179 Å². The number of benzene rings is 1. The summed E-state index contributed by atoms with van der Waals surface area (Å²) in [4.78, 5) is 13.2. The first-order chi connectivity index (χ1) is 14.3. The van der Waals surface area contributed by atoms with Gasteiger partial charge in [-0.25, -0.2) is 15.0 Å². The zero-order valence-electron chi connectivity index (χ0n) is 16.8. The Kier molecular flexibility index (Phi) is 5.55. The summed E-state index contributed by atoms with van der Waals surface area (Å²) < 4.78 is 9.18. The minimum absolute atomic E-state index is 0.0502. The highest BCUT2D eigenvalue weighted by Crippen LogP contribution is 2.36. The SMILES string of the molecule is CN(c1ncnc2c1nc(Cl)n2C1OC(CO)C(O)C1O)[Si](C)(C)c1ccccc1. The lowest BCUT2D eigenvalue weighted by atomic mass is 10.1. The van der Waals surface area contributed by atoms with E-state index in [0.29, 0.717) is 17.0 Å². The van der Waals surface area contributed by atoms with Crippen LogP contribution < -0.4 is 9.75 Å². The molecule has 3 heterocycles. The molecule has 1 saturated heterocycles. The lowest BCUT2D eigenvalue weighted by Gasteiger charge is -2.35. The molecule has 3 N–H and O–H groups in total. The molecule has 2 aromatic heterocycles. The highest BCUT2D eigenvalue weighted by Gasteiger charge is 2.45. The second-order valence-corrected chi connectivity index (χ2v) is 12.5. The first kappa shape index (κ1) is 21.2. The van der Waals surface area contributed by atoms with Crippen LogP contribution in [0.2, 0.25) is 18.4 Å². The number of ether oxygens (including phenoxy) is 1. The largest absolute Gasteiger partial charge is 0.394 e. The van der Waals surface area contributed by atoms with Gasteiger partial charge in [0.15, 0.2) is 31.4 Å². The van der Waals surface area contributed by atoms with Crippen molar-refractivity contribution in [3.8, 4) is 0 Å². The van der Waals surface area contributed by atoms with Crippen molar-refractivity contribution in [2.75, 3.05) is 18.2 Å². The summed E-state index contributed by atoms with van der Waals surface area (Å²) in [6.45, 7) is 3.99. The third-order valence-electron chi connectivity index (χ3n) is 5.82. The lowest BCUT2D eigenvalue weighted by molar-refractivity contribution is -0.0509. The van der Waals surface area contributed by atoms with E-state index >= 15 is 0 Å². The number of aromatic nitrogens is 4. The summed E-state index contributed by atoms with van der Waals surface area (Å²) in [5.74, 6) is 0.618. The van der Waals surface area contributed by atoms with Crippen LogP contribution in [-0.2, 0) is 4.74 Å². The van der Waals surface area contributed by atoms with Gasteiger partial charge < -0.3 is 24.6 Å². The Morgan fingerprint density at radius 3 is 2.50 bits per heavy atom. The van der Waals surface area contributed by atoms with Crippen LogP contribution in [0.25, 0.3) is 11.2 Å². The van der Waals surface area contributed by atoms with Gasteiger partial charge in [0.25, 0.3) is 0 Å². The Bertz CT molecular complexity index is 1050. The number of nitrogens with zero attached hydrogens (tertiary/aromatic N) is 5. The number of aliphatic hydroxyl groups is 3. The van der Waals surface area contributed by atoms with Crippen LogP contribution in [0.1, 0.15) is 6.23 Å². The van der Waals surface area contributed by atoms with E-state index in [1.165, 1.54) is 16.1 Å². The zero-order valence-corrected chi connectivity index (χ0v) is 18.6. The molecule has 0 amide bonds. The number of halogens is 1. The fraction of sp³-hybridized carbons (Fsp3) is 0.421. The molecule has 4 rings (SSSR count). The topological polar surface area (TPSA) is 117 Å². The molecule has 0 bridgehead atoms. The Morgan fingerprint density at radius 1 is 1.17 bits per heavy atom. The van der Waals surface area contributed by atoms with Crippen molar-refractivity contribution >= 4 is 42.0 Å². The first-order valence-electron chi connectivity index (χ1n) is 9.57. The van der Waals surface area contributed by atoms with E-state index in [-0.39, 0.29) is 5.28 Å².